The lowest BCUT2D eigenvalue weighted by atomic mass is 10.2. The number of hydrogen-bond donors (Lipinski definition) is 1. The van der Waals surface area contributed by atoms with E-state index in [9.17, 15) is 0 Å². The quantitative estimate of drug-likeness (QED) is 0.700. The molecule has 0 aromatic carbocycles. The second kappa shape index (κ2) is 4.94. The monoisotopic (exact) mass is 185 g/mol. The molecule has 0 saturated carbocycles. The maximum atomic E-state index is 8.94. The van der Waals surface area contributed by atoms with Crippen LogP contribution in [-0.4, -0.2) is 33.8 Å². The number of rotatable bonds is 5. The molecule has 13 heavy (non-hydrogen) atoms. The molecular formula is C8H15N3O2. The average Bonchev–Trinajstić information content (AvgIpc) is 2.56. The predicted molar refractivity (Wildman–Crippen MR) is 47.2 cm³/mol. The molecule has 1 aromatic rings. The van der Waals surface area contributed by atoms with Crippen molar-refractivity contribution in [3.8, 4) is 0 Å². The molecule has 1 aromatic heterocycles. The van der Waals surface area contributed by atoms with Crippen LogP contribution in [0.1, 0.15) is 18.3 Å². The van der Waals surface area contributed by atoms with Crippen molar-refractivity contribution in [3.63, 3.8) is 0 Å². The van der Waals surface area contributed by atoms with Crippen molar-refractivity contribution in [3.05, 3.63) is 11.4 Å². The first kappa shape index (κ1) is 10.1. The lowest BCUT2D eigenvalue weighted by Gasteiger charge is -2.03. The molecule has 0 fully saturated rings. The van der Waals surface area contributed by atoms with E-state index >= 15 is 0 Å². The van der Waals surface area contributed by atoms with Crippen molar-refractivity contribution in [1.29, 1.82) is 0 Å². The van der Waals surface area contributed by atoms with Gasteiger partial charge in [-0.2, -0.15) is 0 Å². The average molecular weight is 185 g/mol. The molecule has 0 radical (unpaired) electrons. The molecule has 0 saturated heterocycles. The summed E-state index contributed by atoms with van der Waals surface area (Å²) >= 11 is 0. The minimum atomic E-state index is -0.0455. The minimum absolute atomic E-state index is 0.0455. The molecule has 0 aliphatic rings. The summed E-state index contributed by atoms with van der Waals surface area (Å²) in [6, 6.07) is 0. The summed E-state index contributed by atoms with van der Waals surface area (Å²) < 4.78 is 6.71. The van der Waals surface area contributed by atoms with Gasteiger partial charge in [0.1, 0.15) is 5.69 Å². The Hall–Kier alpha value is -0.940. The Labute approximate surface area is 77.3 Å². The van der Waals surface area contributed by atoms with Crippen molar-refractivity contribution in [2.75, 3.05) is 13.7 Å². The van der Waals surface area contributed by atoms with Gasteiger partial charge in [0.15, 0.2) is 0 Å². The van der Waals surface area contributed by atoms with Gasteiger partial charge < -0.3 is 9.84 Å². The zero-order chi connectivity index (χ0) is 9.68. The number of aliphatic hydroxyl groups excluding tert-OH is 1. The number of aliphatic hydroxyl groups is 1. The van der Waals surface area contributed by atoms with Gasteiger partial charge in [0.05, 0.1) is 25.5 Å². The van der Waals surface area contributed by atoms with Crippen molar-refractivity contribution in [2.24, 2.45) is 0 Å². The largest absolute Gasteiger partial charge is 0.390 e. The van der Waals surface area contributed by atoms with Crippen molar-refractivity contribution >= 4 is 0 Å². The predicted octanol–water partition coefficient (Wildman–Crippen LogP) is -0.0208. The van der Waals surface area contributed by atoms with Crippen LogP contribution in [-0.2, 0) is 24.3 Å². The third-order valence-corrected chi connectivity index (χ3v) is 1.91. The van der Waals surface area contributed by atoms with Crippen LogP contribution in [0, 0.1) is 0 Å². The highest BCUT2D eigenvalue weighted by atomic mass is 16.5. The molecule has 74 valence electrons. The van der Waals surface area contributed by atoms with E-state index in [0.29, 0.717) is 18.8 Å². The maximum absolute atomic E-state index is 8.94. The van der Waals surface area contributed by atoms with E-state index in [4.69, 9.17) is 9.84 Å². The van der Waals surface area contributed by atoms with Gasteiger partial charge in [-0.1, -0.05) is 12.1 Å². The van der Waals surface area contributed by atoms with Gasteiger partial charge in [-0.25, -0.2) is 4.68 Å². The Bertz CT molecular complexity index is 260. The van der Waals surface area contributed by atoms with Crippen LogP contribution in [0.2, 0.25) is 0 Å². The van der Waals surface area contributed by atoms with Crippen LogP contribution in [0.4, 0.5) is 0 Å². The first-order valence-corrected chi connectivity index (χ1v) is 4.34. The topological polar surface area (TPSA) is 60.2 Å². The molecule has 5 nitrogen and oxygen atoms in total. The Balaban J connectivity index is 2.75. The highest BCUT2D eigenvalue weighted by Crippen LogP contribution is 2.05. The standard InChI is InChI=1S/C8H15N3O2/c1-3-8-7(6-12)9-10-11(8)4-5-13-2/h12H,3-6H2,1-2H3. The summed E-state index contributed by atoms with van der Waals surface area (Å²) in [5.41, 5.74) is 1.65. The number of ether oxygens (including phenoxy) is 1. The fourth-order valence-electron chi connectivity index (χ4n) is 1.24. The summed E-state index contributed by atoms with van der Waals surface area (Å²) in [5, 5.41) is 16.7. The molecule has 0 amide bonds. The van der Waals surface area contributed by atoms with Gasteiger partial charge >= 0.3 is 0 Å². The second-order valence-corrected chi connectivity index (χ2v) is 2.71. The van der Waals surface area contributed by atoms with Crippen molar-refractivity contribution < 1.29 is 9.84 Å². The third-order valence-electron chi connectivity index (χ3n) is 1.91. The molecule has 0 aliphatic heterocycles. The molecule has 5 heteroatoms. The molecule has 0 spiro atoms. The van der Waals surface area contributed by atoms with Gasteiger partial charge in [-0.3, -0.25) is 0 Å². The third kappa shape index (κ3) is 2.26. The van der Waals surface area contributed by atoms with E-state index in [1.807, 2.05) is 6.92 Å². The fourth-order valence-corrected chi connectivity index (χ4v) is 1.24. The highest BCUT2D eigenvalue weighted by molar-refractivity contribution is 5.08. The summed E-state index contributed by atoms with van der Waals surface area (Å²) in [6.07, 6.45) is 0.826. The van der Waals surface area contributed by atoms with Gasteiger partial charge in [0, 0.05) is 7.11 Å². The van der Waals surface area contributed by atoms with E-state index in [1.165, 1.54) is 0 Å². The number of methoxy groups -OCH3 is 1. The van der Waals surface area contributed by atoms with E-state index in [-0.39, 0.29) is 6.61 Å². The summed E-state index contributed by atoms with van der Waals surface area (Å²) in [4.78, 5) is 0. The number of aromatic nitrogens is 3. The van der Waals surface area contributed by atoms with Gasteiger partial charge in [0.25, 0.3) is 0 Å². The van der Waals surface area contributed by atoms with Crippen LogP contribution in [0.3, 0.4) is 0 Å². The first-order chi connectivity index (χ1) is 6.33. The molecule has 0 bridgehead atoms. The summed E-state index contributed by atoms with van der Waals surface area (Å²) in [6.45, 7) is 3.27. The number of hydrogen-bond acceptors (Lipinski definition) is 4. The maximum Gasteiger partial charge on any atom is 0.111 e. The zero-order valence-corrected chi connectivity index (χ0v) is 8.03. The minimum Gasteiger partial charge on any atom is -0.390 e. The Morgan fingerprint density at radius 1 is 1.54 bits per heavy atom. The molecule has 1 rings (SSSR count). The summed E-state index contributed by atoms with van der Waals surface area (Å²) in [7, 11) is 1.65. The molecule has 1 heterocycles. The SMILES string of the molecule is CCc1c(CO)nnn1CCOC. The van der Waals surface area contributed by atoms with E-state index < -0.39 is 0 Å². The van der Waals surface area contributed by atoms with Crippen molar-refractivity contribution in [1.82, 2.24) is 15.0 Å². The van der Waals surface area contributed by atoms with Crippen LogP contribution < -0.4 is 0 Å². The molecule has 1 N–H and O–H groups in total. The first-order valence-electron chi connectivity index (χ1n) is 4.34. The highest BCUT2D eigenvalue weighted by Gasteiger charge is 2.08. The van der Waals surface area contributed by atoms with Crippen LogP contribution in [0.25, 0.3) is 0 Å². The van der Waals surface area contributed by atoms with Crippen LogP contribution in [0.15, 0.2) is 0 Å². The number of nitrogens with zero attached hydrogens (tertiary/aromatic N) is 3. The second-order valence-electron chi connectivity index (χ2n) is 2.71. The van der Waals surface area contributed by atoms with E-state index in [0.717, 1.165) is 12.1 Å². The fraction of sp³-hybridized carbons (Fsp3) is 0.750. The lowest BCUT2D eigenvalue weighted by Crippen LogP contribution is -2.09. The molecule has 0 atom stereocenters. The van der Waals surface area contributed by atoms with Gasteiger partial charge in [-0.05, 0) is 6.42 Å². The van der Waals surface area contributed by atoms with Gasteiger partial charge in [-0.15, -0.1) is 5.10 Å². The Morgan fingerprint density at radius 3 is 2.85 bits per heavy atom. The van der Waals surface area contributed by atoms with E-state index in [1.54, 1.807) is 11.8 Å². The molecular weight excluding hydrogens is 170 g/mol. The van der Waals surface area contributed by atoms with Crippen LogP contribution in [0.5, 0.6) is 0 Å². The Morgan fingerprint density at radius 2 is 2.31 bits per heavy atom. The van der Waals surface area contributed by atoms with E-state index in [2.05, 4.69) is 10.3 Å². The smallest absolute Gasteiger partial charge is 0.111 e. The summed E-state index contributed by atoms with van der Waals surface area (Å²) in [5.74, 6) is 0. The van der Waals surface area contributed by atoms with Gasteiger partial charge in [0.2, 0.25) is 0 Å². The van der Waals surface area contributed by atoms with Crippen LogP contribution >= 0.6 is 0 Å². The molecule has 0 unspecified atom stereocenters. The van der Waals surface area contributed by atoms with Crippen molar-refractivity contribution in [2.45, 2.75) is 26.5 Å². The normalized spacial score (nSPS) is 10.7. The lowest BCUT2D eigenvalue weighted by molar-refractivity contribution is 0.182. The Kier molecular flexibility index (Phi) is 3.85. The zero-order valence-electron chi connectivity index (χ0n) is 8.03. The molecule has 0 aliphatic carbocycles.